The molecule has 1 aromatic carbocycles. The molecule has 0 radical (unpaired) electrons. The minimum absolute atomic E-state index is 0.172. The van der Waals surface area contributed by atoms with Gasteiger partial charge in [-0.1, -0.05) is 25.5 Å². The molecular formula is C17H28FN3O. The van der Waals surface area contributed by atoms with Crippen LogP contribution in [0.5, 0.6) is 0 Å². The molecular weight excluding hydrogens is 281 g/mol. The number of hydrogen-bond donors (Lipinski definition) is 1. The van der Waals surface area contributed by atoms with Crippen molar-refractivity contribution in [1.29, 1.82) is 0 Å². The first-order valence-corrected chi connectivity index (χ1v) is 7.90. The van der Waals surface area contributed by atoms with Gasteiger partial charge in [-0.15, -0.1) is 0 Å². The van der Waals surface area contributed by atoms with Gasteiger partial charge in [0.05, 0.1) is 6.54 Å². The summed E-state index contributed by atoms with van der Waals surface area (Å²) in [4.78, 5) is 6.78. The Kier molecular flexibility index (Phi) is 8.51. The summed E-state index contributed by atoms with van der Waals surface area (Å²) in [6, 6.07) is 6.38. The molecule has 1 atom stereocenters. The van der Waals surface area contributed by atoms with Crippen LogP contribution in [0, 0.1) is 5.82 Å². The number of rotatable bonds is 8. The normalized spacial score (nSPS) is 13.0. The van der Waals surface area contributed by atoms with E-state index in [1.54, 1.807) is 19.2 Å². The van der Waals surface area contributed by atoms with Crippen molar-refractivity contribution >= 4 is 5.96 Å². The van der Waals surface area contributed by atoms with Gasteiger partial charge in [-0.25, -0.2) is 4.39 Å². The summed E-state index contributed by atoms with van der Waals surface area (Å²) < 4.78 is 18.5. The first kappa shape index (κ1) is 18.4. The Labute approximate surface area is 133 Å². The predicted octanol–water partition coefficient (Wildman–Crippen LogP) is 3.21. The number of nitrogens with one attached hydrogen (secondary N) is 1. The number of halogens is 1. The zero-order chi connectivity index (χ0) is 16.4. The van der Waals surface area contributed by atoms with Crippen molar-refractivity contribution in [3.8, 4) is 0 Å². The molecule has 0 aliphatic rings. The quantitative estimate of drug-likeness (QED) is 0.592. The van der Waals surface area contributed by atoms with Crippen molar-refractivity contribution < 1.29 is 9.13 Å². The van der Waals surface area contributed by atoms with E-state index in [9.17, 15) is 4.39 Å². The van der Waals surface area contributed by atoms with Gasteiger partial charge in [-0.2, -0.15) is 0 Å². The van der Waals surface area contributed by atoms with E-state index < -0.39 is 0 Å². The molecule has 0 bridgehead atoms. The van der Waals surface area contributed by atoms with Crippen LogP contribution in [0.25, 0.3) is 0 Å². The van der Waals surface area contributed by atoms with Crippen LogP contribution in [-0.2, 0) is 4.74 Å². The Balaban J connectivity index is 2.75. The maximum Gasteiger partial charge on any atom is 0.193 e. The summed E-state index contributed by atoms with van der Waals surface area (Å²) in [6.07, 6.45) is 2.11. The van der Waals surface area contributed by atoms with Crippen molar-refractivity contribution in [3.05, 3.63) is 35.6 Å². The average Bonchev–Trinajstić information content (AvgIpc) is 2.53. The van der Waals surface area contributed by atoms with Gasteiger partial charge in [0, 0.05) is 27.2 Å². The second-order valence-corrected chi connectivity index (χ2v) is 5.25. The van der Waals surface area contributed by atoms with Gasteiger partial charge in [0.25, 0.3) is 0 Å². The molecule has 0 saturated heterocycles. The molecule has 22 heavy (non-hydrogen) atoms. The van der Waals surface area contributed by atoms with Crippen LogP contribution >= 0.6 is 0 Å². The number of benzene rings is 1. The molecule has 1 aromatic rings. The van der Waals surface area contributed by atoms with E-state index in [0.29, 0.717) is 6.54 Å². The van der Waals surface area contributed by atoms with Gasteiger partial charge < -0.3 is 15.0 Å². The van der Waals surface area contributed by atoms with Crippen molar-refractivity contribution in [2.75, 3.05) is 33.8 Å². The zero-order valence-corrected chi connectivity index (χ0v) is 14.1. The molecule has 1 unspecified atom stereocenters. The van der Waals surface area contributed by atoms with Gasteiger partial charge in [-0.05, 0) is 31.0 Å². The minimum Gasteiger partial charge on any atom is -0.375 e. The Hall–Kier alpha value is -1.62. The van der Waals surface area contributed by atoms with Crippen LogP contribution in [0.2, 0.25) is 0 Å². The highest BCUT2D eigenvalue weighted by Gasteiger charge is 2.12. The molecule has 124 valence electrons. The molecule has 0 spiro atoms. The van der Waals surface area contributed by atoms with Gasteiger partial charge in [0.1, 0.15) is 11.9 Å². The molecule has 0 heterocycles. The topological polar surface area (TPSA) is 36.9 Å². The number of nitrogens with zero attached hydrogens (tertiary/aromatic N) is 2. The summed E-state index contributed by atoms with van der Waals surface area (Å²) in [6.45, 7) is 6.52. The van der Waals surface area contributed by atoms with E-state index in [4.69, 9.17) is 4.74 Å². The molecule has 1 N–H and O–H groups in total. The predicted molar refractivity (Wildman–Crippen MR) is 89.7 cm³/mol. The Morgan fingerprint density at radius 3 is 2.55 bits per heavy atom. The third-order valence-electron chi connectivity index (χ3n) is 3.48. The largest absolute Gasteiger partial charge is 0.375 e. The molecule has 0 aromatic heterocycles. The number of guanidine groups is 1. The Morgan fingerprint density at radius 2 is 2.00 bits per heavy atom. The molecule has 1 rings (SSSR count). The minimum atomic E-state index is -0.241. The lowest BCUT2D eigenvalue weighted by molar-refractivity contribution is 0.110. The summed E-state index contributed by atoms with van der Waals surface area (Å²) in [5.41, 5.74) is 0.930. The molecule has 4 nitrogen and oxygen atoms in total. The van der Waals surface area contributed by atoms with Gasteiger partial charge in [-0.3, -0.25) is 4.99 Å². The maximum absolute atomic E-state index is 13.0. The standard InChI is InChI=1S/C17H28FN3O/c1-5-7-12-21(3)17(19-6-2)20-13-16(22-4)14-8-10-15(18)11-9-14/h8-11,16H,5-7,12-13H2,1-4H3,(H,19,20). The smallest absolute Gasteiger partial charge is 0.193 e. The fourth-order valence-corrected chi connectivity index (χ4v) is 2.13. The fraction of sp³-hybridized carbons (Fsp3) is 0.588. The van der Waals surface area contributed by atoms with Gasteiger partial charge >= 0.3 is 0 Å². The Morgan fingerprint density at radius 1 is 1.32 bits per heavy atom. The van der Waals surface area contributed by atoms with Crippen LogP contribution in [-0.4, -0.2) is 44.7 Å². The first-order valence-electron chi connectivity index (χ1n) is 7.90. The van der Waals surface area contributed by atoms with Crippen LogP contribution in [0.1, 0.15) is 38.4 Å². The molecule has 0 fully saturated rings. The number of methoxy groups -OCH3 is 1. The second-order valence-electron chi connectivity index (χ2n) is 5.25. The summed E-state index contributed by atoms with van der Waals surface area (Å²) >= 11 is 0. The highest BCUT2D eigenvalue weighted by atomic mass is 19.1. The van der Waals surface area contributed by atoms with Gasteiger partial charge in [0.2, 0.25) is 0 Å². The van der Waals surface area contributed by atoms with E-state index >= 15 is 0 Å². The van der Waals surface area contributed by atoms with E-state index in [-0.39, 0.29) is 11.9 Å². The second kappa shape index (κ2) is 10.2. The first-order chi connectivity index (χ1) is 10.6. The van der Waals surface area contributed by atoms with Crippen molar-refractivity contribution in [3.63, 3.8) is 0 Å². The number of unbranched alkanes of at least 4 members (excludes halogenated alkanes) is 1. The van der Waals surface area contributed by atoms with Crippen LogP contribution < -0.4 is 5.32 Å². The van der Waals surface area contributed by atoms with Crippen LogP contribution in [0.15, 0.2) is 29.3 Å². The SMILES string of the molecule is CCCCN(C)C(=NCC(OC)c1ccc(F)cc1)NCC. The van der Waals surface area contributed by atoms with E-state index in [2.05, 4.69) is 29.1 Å². The number of ether oxygens (including phenoxy) is 1. The van der Waals surface area contributed by atoms with Crippen molar-refractivity contribution in [2.24, 2.45) is 4.99 Å². The molecule has 5 heteroatoms. The third-order valence-corrected chi connectivity index (χ3v) is 3.48. The van der Waals surface area contributed by atoms with Crippen LogP contribution in [0.4, 0.5) is 4.39 Å². The number of aliphatic imine (C=N–C) groups is 1. The maximum atomic E-state index is 13.0. The van der Waals surface area contributed by atoms with Crippen molar-refractivity contribution in [1.82, 2.24) is 10.2 Å². The monoisotopic (exact) mass is 309 g/mol. The zero-order valence-electron chi connectivity index (χ0n) is 14.1. The summed E-state index contributed by atoms with van der Waals surface area (Å²) in [5.74, 6) is 0.634. The van der Waals surface area contributed by atoms with E-state index in [0.717, 1.165) is 37.5 Å². The third kappa shape index (κ3) is 6.02. The Bertz CT molecular complexity index is 448. The fourth-order valence-electron chi connectivity index (χ4n) is 2.13. The lowest BCUT2D eigenvalue weighted by Crippen LogP contribution is -2.39. The molecule has 0 amide bonds. The molecule has 0 aliphatic heterocycles. The highest BCUT2D eigenvalue weighted by Crippen LogP contribution is 2.17. The highest BCUT2D eigenvalue weighted by molar-refractivity contribution is 5.79. The van der Waals surface area contributed by atoms with Crippen LogP contribution in [0.3, 0.4) is 0 Å². The lowest BCUT2D eigenvalue weighted by atomic mass is 10.1. The lowest BCUT2D eigenvalue weighted by Gasteiger charge is -2.23. The summed E-state index contributed by atoms with van der Waals surface area (Å²) in [5, 5.41) is 3.29. The van der Waals surface area contributed by atoms with E-state index in [1.165, 1.54) is 12.1 Å². The number of hydrogen-bond acceptors (Lipinski definition) is 2. The average molecular weight is 309 g/mol. The van der Waals surface area contributed by atoms with E-state index in [1.807, 2.05) is 7.05 Å². The summed E-state index contributed by atoms with van der Waals surface area (Å²) in [7, 11) is 3.69. The van der Waals surface area contributed by atoms with Gasteiger partial charge in [0.15, 0.2) is 5.96 Å². The van der Waals surface area contributed by atoms with Crippen molar-refractivity contribution in [2.45, 2.75) is 32.8 Å². The molecule has 0 saturated carbocycles. The molecule has 0 aliphatic carbocycles.